The Kier molecular flexibility index (Phi) is 6.50. The molecule has 4 rings (SSSR count). The zero-order valence-electron chi connectivity index (χ0n) is 22.8. The minimum Gasteiger partial charge on any atom is -0.393 e. The second-order valence-electron chi connectivity index (χ2n) is 14.4. The van der Waals surface area contributed by atoms with Crippen LogP contribution in [0, 0.1) is 34.0 Å². The number of ether oxygens (including phenoxy) is 1. The van der Waals surface area contributed by atoms with Gasteiger partial charge in [0.1, 0.15) is 0 Å². The molecule has 8 unspecified atom stereocenters. The molecular formula is C30H52O3. The fourth-order valence-electron chi connectivity index (χ4n) is 9.32. The van der Waals surface area contributed by atoms with Crippen LogP contribution in [0.1, 0.15) is 120 Å². The summed E-state index contributed by atoms with van der Waals surface area (Å²) < 4.78 is 5.73. The molecule has 0 aromatic rings. The Hall–Kier alpha value is -0.380. The first-order valence-electron chi connectivity index (χ1n) is 13.9. The van der Waals surface area contributed by atoms with Crippen molar-refractivity contribution in [1.82, 2.24) is 0 Å². The minimum atomic E-state index is -0.616. The highest BCUT2D eigenvalue weighted by atomic mass is 16.6. The topological polar surface area (TPSA) is 53.0 Å². The Balaban J connectivity index is 1.40. The number of rotatable bonds is 7. The highest BCUT2D eigenvalue weighted by Gasteiger charge is 2.65. The summed E-state index contributed by atoms with van der Waals surface area (Å²) in [6.45, 7) is 18.3. The van der Waals surface area contributed by atoms with Gasteiger partial charge in [-0.1, -0.05) is 39.3 Å². The van der Waals surface area contributed by atoms with Gasteiger partial charge in [-0.2, -0.15) is 0 Å². The molecule has 8 atom stereocenters. The summed E-state index contributed by atoms with van der Waals surface area (Å²) in [5, 5.41) is 22.5. The van der Waals surface area contributed by atoms with Crippen LogP contribution in [-0.2, 0) is 4.74 Å². The van der Waals surface area contributed by atoms with Gasteiger partial charge in [-0.3, -0.25) is 0 Å². The lowest BCUT2D eigenvalue weighted by Gasteiger charge is -2.63. The van der Waals surface area contributed by atoms with Crippen LogP contribution >= 0.6 is 0 Å². The zero-order chi connectivity index (χ0) is 24.4. The first kappa shape index (κ1) is 25.7. The molecule has 0 aromatic heterocycles. The Bertz CT molecular complexity index is 765. The molecule has 2 N–H and O–H groups in total. The van der Waals surface area contributed by atoms with Crippen LogP contribution in [0.15, 0.2) is 11.6 Å². The average molecular weight is 461 g/mol. The van der Waals surface area contributed by atoms with E-state index in [0.29, 0.717) is 23.9 Å². The number of hydrogen-bond acceptors (Lipinski definition) is 3. The predicted octanol–water partition coefficient (Wildman–Crippen LogP) is 7.05. The van der Waals surface area contributed by atoms with E-state index in [0.717, 1.165) is 44.9 Å². The molecule has 4 fully saturated rings. The van der Waals surface area contributed by atoms with Crippen molar-refractivity contribution in [2.75, 3.05) is 0 Å². The summed E-state index contributed by atoms with van der Waals surface area (Å²) in [5.41, 5.74) is 1.40. The highest BCUT2D eigenvalue weighted by Crippen LogP contribution is 2.71. The van der Waals surface area contributed by atoms with Crippen LogP contribution in [0.3, 0.4) is 0 Å². The van der Waals surface area contributed by atoms with Crippen molar-refractivity contribution in [2.45, 2.75) is 143 Å². The van der Waals surface area contributed by atoms with Crippen LogP contribution in [-0.4, -0.2) is 33.6 Å². The molecule has 1 heterocycles. The van der Waals surface area contributed by atoms with Crippen LogP contribution < -0.4 is 0 Å². The Morgan fingerprint density at radius 1 is 0.970 bits per heavy atom. The van der Waals surface area contributed by atoms with Crippen molar-refractivity contribution in [3.63, 3.8) is 0 Å². The van der Waals surface area contributed by atoms with Gasteiger partial charge in [0.2, 0.25) is 0 Å². The van der Waals surface area contributed by atoms with Crippen molar-refractivity contribution in [3.8, 4) is 0 Å². The van der Waals surface area contributed by atoms with Crippen molar-refractivity contribution in [3.05, 3.63) is 11.6 Å². The van der Waals surface area contributed by atoms with Gasteiger partial charge >= 0.3 is 0 Å². The van der Waals surface area contributed by atoms with Gasteiger partial charge in [0, 0.05) is 0 Å². The lowest BCUT2D eigenvalue weighted by atomic mass is 9.42. The lowest BCUT2D eigenvalue weighted by molar-refractivity contribution is -0.180. The van der Waals surface area contributed by atoms with Gasteiger partial charge in [0.05, 0.1) is 23.4 Å². The van der Waals surface area contributed by atoms with E-state index in [9.17, 15) is 10.2 Å². The fraction of sp³-hybridized carbons (Fsp3) is 0.933. The van der Waals surface area contributed by atoms with Gasteiger partial charge in [-0.05, 0) is 126 Å². The molecule has 4 aliphatic rings. The van der Waals surface area contributed by atoms with Crippen molar-refractivity contribution < 1.29 is 14.9 Å². The smallest absolute Gasteiger partial charge is 0.0892 e. The van der Waals surface area contributed by atoms with Gasteiger partial charge in [-0.25, -0.2) is 0 Å². The lowest BCUT2D eigenvalue weighted by Crippen LogP contribution is -2.59. The SMILES string of the molecule is CC(=CCCC(C)(O)C1CCC2C1(C)CCC1C(C)(C)C(O)CCC12C)CCC1OC1(C)C. The van der Waals surface area contributed by atoms with E-state index in [-0.39, 0.29) is 27.9 Å². The van der Waals surface area contributed by atoms with E-state index in [1.807, 2.05) is 0 Å². The van der Waals surface area contributed by atoms with Gasteiger partial charge in [0.25, 0.3) is 0 Å². The molecule has 1 saturated heterocycles. The maximum absolute atomic E-state index is 11.8. The minimum absolute atomic E-state index is 0.00201. The number of epoxide rings is 1. The van der Waals surface area contributed by atoms with Crippen LogP contribution in [0.2, 0.25) is 0 Å². The van der Waals surface area contributed by atoms with E-state index in [4.69, 9.17) is 4.74 Å². The third kappa shape index (κ3) is 4.38. The molecule has 3 aliphatic carbocycles. The molecule has 0 bridgehead atoms. The summed E-state index contributed by atoms with van der Waals surface area (Å²) in [5.74, 6) is 1.62. The van der Waals surface area contributed by atoms with Gasteiger partial charge < -0.3 is 14.9 Å². The summed E-state index contributed by atoms with van der Waals surface area (Å²) >= 11 is 0. The number of allylic oxidation sites excluding steroid dienone is 2. The molecular weight excluding hydrogens is 408 g/mol. The zero-order valence-corrected chi connectivity index (χ0v) is 22.8. The van der Waals surface area contributed by atoms with Crippen molar-refractivity contribution in [1.29, 1.82) is 0 Å². The predicted molar refractivity (Wildman–Crippen MR) is 136 cm³/mol. The van der Waals surface area contributed by atoms with Crippen molar-refractivity contribution in [2.24, 2.45) is 34.0 Å². The van der Waals surface area contributed by atoms with Crippen LogP contribution in [0.5, 0.6) is 0 Å². The van der Waals surface area contributed by atoms with Crippen LogP contribution in [0.4, 0.5) is 0 Å². The largest absolute Gasteiger partial charge is 0.393 e. The number of fused-ring (bicyclic) bond motifs is 3. The Morgan fingerprint density at radius 2 is 1.61 bits per heavy atom. The molecule has 3 nitrogen and oxygen atoms in total. The maximum Gasteiger partial charge on any atom is 0.0892 e. The second kappa shape index (κ2) is 8.34. The molecule has 190 valence electrons. The summed E-state index contributed by atoms with van der Waals surface area (Å²) in [4.78, 5) is 0. The average Bonchev–Trinajstić information content (AvgIpc) is 3.13. The van der Waals surface area contributed by atoms with E-state index in [1.54, 1.807) is 0 Å². The van der Waals surface area contributed by atoms with E-state index >= 15 is 0 Å². The second-order valence-corrected chi connectivity index (χ2v) is 14.4. The summed E-state index contributed by atoms with van der Waals surface area (Å²) in [6.07, 6.45) is 13.5. The molecule has 0 spiro atoms. The first-order valence-corrected chi connectivity index (χ1v) is 13.9. The standard InChI is InChI=1S/C30H52O3/c1-20(11-14-25-27(4,5)33-25)10-9-17-30(8,32)23-13-12-22-28(6)19-16-24(31)26(2,3)21(28)15-18-29(22,23)7/h10,21-25,31-32H,9,11-19H2,1-8H3. The molecule has 0 radical (unpaired) electrons. The summed E-state index contributed by atoms with van der Waals surface area (Å²) in [7, 11) is 0. The third-order valence-corrected chi connectivity index (χ3v) is 11.5. The van der Waals surface area contributed by atoms with Crippen LogP contribution in [0.25, 0.3) is 0 Å². The Morgan fingerprint density at radius 3 is 2.24 bits per heavy atom. The molecule has 3 heteroatoms. The van der Waals surface area contributed by atoms with E-state index < -0.39 is 5.60 Å². The Labute approximate surface area is 203 Å². The number of aliphatic hydroxyl groups excluding tert-OH is 1. The first-order chi connectivity index (χ1) is 15.1. The molecule has 1 aliphatic heterocycles. The van der Waals surface area contributed by atoms with E-state index in [2.05, 4.69) is 61.5 Å². The fourth-order valence-corrected chi connectivity index (χ4v) is 9.32. The molecule has 33 heavy (non-hydrogen) atoms. The van der Waals surface area contributed by atoms with Gasteiger partial charge in [0.15, 0.2) is 0 Å². The third-order valence-electron chi connectivity index (χ3n) is 11.5. The molecule has 0 aromatic carbocycles. The van der Waals surface area contributed by atoms with Gasteiger partial charge in [-0.15, -0.1) is 0 Å². The maximum atomic E-state index is 11.8. The van der Waals surface area contributed by atoms with E-state index in [1.165, 1.54) is 24.8 Å². The normalized spacial score (nSPS) is 45.8. The van der Waals surface area contributed by atoms with Crippen molar-refractivity contribution >= 4 is 0 Å². The quantitative estimate of drug-likeness (QED) is 0.316. The molecule has 3 saturated carbocycles. The number of aliphatic hydroxyl groups is 2. The number of hydrogen-bond donors (Lipinski definition) is 2. The molecule has 0 amide bonds. The highest BCUT2D eigenvalue weighted by molar-refractivity contribution is 5.15. The summed E-state index contributed by atoms with van der Waals surface area (Å²) in [6, 6.07) is 0. The monoisotopic (exact) mass is 460 g/mol.